The zero-order valence-corrected chi connectivity index (χ0v) is 10.9. The molecule has 0 atom stereocenters. The fraction of sp³-hybridized carbons (Fsp3) is 0.636. The van der Waals surface area contributed by atoms with E-state index in [1.165, 1.54) is 4.57 Å². The number of nitrogen functional groups attached to an aromatic ring is 1. The van der Waals surface area contributed by atoms with Crippen LogP contribution in [0.25, 0.3) is 0 Å². The zero-order valence-electron chi connectivity index (χ0n) is 10.9. The normalized spacial score (nSPS) is 11.6. The molecular weight excluding hydrogens is 236 g/mol. The van der Waals surface area contributed by atoms with Crippen LogP contribution >= 0.6 is 0 Å². The molecule has 0 aliphatic rings. The van der Waals surface area contributed by atoms with Gasteiger partial charge in [0.2, 0.25) is 0 Å². The summed E-state index contributed by atoms with van der Waals surface area (Å²) in [5.74, 6) is 0.0899. The fourth-order valence-corrected chi connectivity index (χ4v) is 1.53. The van der Waals surface area contributed by atoms with Gasteiger partial charge in [0, 0.05) is 6.54 Å². The van der Waals surface area contributed by atoms with Gasteiger partial charge in [0.05, 0.1) is 12.1 Å². The Morgan fingerprint density at radius 1 is 1.44 bits per heavy atom. The van der Waals surface area contributed by atoms with Crippen LogP contribution in [0.3, 0.4) is 0 Å². The summed E-state index contributed by atoms with van der Waals surface area (Å²) in [5.41, 5.74) is 4.15. The van der Waals surface area contributed by atoms with Crippen molar-refractivity contribution in [3.05, 3.63) is 20.8 Å². The van der Waals surface area contributed by atoms with Gasteiger partial charge in [0.25, 0.3) is 5.56 Å². The van der Waals surface area contributed by atoms with Crippen LogP contribution in [0, 0.1) is 0 Å². The molecule has 0 aliphatic carbocycles. The highest BCUT2D eigenvalue weighted by Gasteiger charge is 2.21. The van der Waals surface area contributed by atoms with Crippen LogP contribution in [-0.4, -0.2) is 26.8 Å². The Hall–Kier alpha value is -1.76. The predicted molar refractivity (Wildman–Crippen MR) is 70.8 cm³/mol. The van der Waals surface area contributed by atoms with E-state index < -0.39 is 16.8 Å². The van der Waals surface area contributed by atoms with E-state index in [0.717, 1.165) is 6.42 Å². The van der Waals surface area contributed by atoms with Gasteiger partial charge in [0.15, 0.2) is 0 Å². The number of aliphatic hydroxyl groups excluding tert-OH is 1. The van der Waals surface area contributed by atoms with Crippen LogP contribution in [0.5, 0.6) is 0 Å². The molecule has 1 aromatic heterocycles. The third-order valence-corrected chi connectivity index (χ3v) is 2.55. The third kappa shape index (κ3) is 2.92. The first kappa shape index (κ1) is 14.3. The van der Waals surface area contributed by atoms with Gasteiger partial charge in [0.1, 0.15) is 11.5 Å². The molecule has 0 saturated carbocycles. The molecule has 7 nitrogen and oxygen atoms in total. The van der Waals surface area contributed by atoms with E-state index in [1.807, 2.05) is 6.92 Å². The molecule has 5 N–H and O–H groups in total. The number of aliphatic hydroxyl groups is 1. The lowest BCUT2D eigenvalue weighted by molar-refractivity contribution is 0.234. The first-order valence-electron chi connectivity index (χ1n) is 5.84. The minimum absolute atomic E-state index is 0.0899. The van der Waals surface area contributed by atoms with E-state index in [9.17, 15) is 14.7 Å². The molecule has 0 saturated heterocycles. The number of aromatic amines is 1. The van der Waals surface area contributed by atoms with E-state index >= 15 is 0 Å². The maximum atomic E-state index is 11.7. The average Bonchev–Trinajstić information content (AvgIpc) is 2.30. The van der Waals surface area contributed by atoms with Crippen LogP contribution in [0.15, 0.2) is 9.59 Å². The molecule has 0 spiro atoms. The van der Waals surface area contributed by atoms with Crippen LogP contribution in [0.2, 0.25) is 0 Å². The summed E-state index contributed by atoms with van der Waals surface area (Å²) in [4.78, 5) is 25.5. The highest BCUT2D eigenvalue weighted by Crippen LogP contribution is 2.16. The molecule has 1 heterocycles. The summed E-state index contributed by atoms with van der Waals surface area (Å²) >= 11 is 0. The van der Waals surface area contributed by atoms with Crippen molar-refractivity contribution in [2.75, 3.05) is 17.7 Å². The zero-order chi connectivity index (χ0) is 13.9. The van der Waals surface area contributed by atoms with Crippen molar-refractivity contribution in [1.82, 2.24) is 9.55 Å². The number of rotatable bonds is 5. The Morgan fingerprint density at radius 3 is 2.56 bits per heavy atom. The van der Waals surface area contributed by atoms with E-state index in [0.29, 0.717) is 6.54 Å². The molecule has 7 heteroatoms. The summed E-state index contributed by atoms with van der Waals surface area (Å²) in [5, 5.41) is 12.0. The van der Waals surface area contributed by atoms with Gasteiger partial charge in [-0.05, 0) is 20.3 Å². The Kier molecular flexibility index (Phi) is 4.18. The second-order valence-electron chi connectivity index (χ2n) is 4.84. The molecule has 18 heavy (non-hydrogen) atoms. The van der Waals surface area contributed by atoms with Crippen molar-refractivity contribution >= 4 is 11.5 Å². The maximum absolute atomic E-state index is 11.7. The first-order chi connectivity index (χ1) is 8.32. The van der Waals surface area contributed by atoms with Gasteiger partial charge in [-0.1, -0.05) is 6.92 Å². The number of nitrogens with zero attached hydrogens (tertiary/aromatic N) is 1. The molecule has 0 fully saturated rings. The summed E-state index contributed by atoms with van der Waals surface area (Å²) in [6, 6.07) is 0. The van der Waals surface area contributed by atoms with Crippen molar-refractivity contribution in [1.29, 1.82) is 0 Å². The molecule has 1 rings (SSSR count). The standard InChI is InChI=1S/C11H20N4O3/c1-4-5-15-8(12)7(9(17)13-10(15)18)14-11(2,3)6-16/h14,16H,4-6,12H2,1-3H3,(H,13,17,18). The summed E-state index contributed by atoms with van der Waals surface area (Å²) in [7, 11) is 0. The Bertz CT molecular complexity index is 530. The second kappa shape index (κ2) is 5.26. The van der Waals surface area contributed by atoms with E-state index in [1.54, 1.807) is 13.8 Å². The molecule has 0 bridgehead atoms. The van der Waals surface area contributed by atoms with Gasteiger partial charge >= 0.3 is 5.69 Å². The highest BCUT2D eigenvalue weighted by atomic mass is 16.3. The molecule has 0 radical (unpaired) electrons. The molecule has 0 unspecified atom stereocenters. The number of nitrogens with two attached hydrogens (primary N) is 1. The SMILES string of the molecule is CCCn1c(N)c(NC(C)(C)CO)c(=O)[nH]c1=O. The summed E-state index contributed by atoms with van der Waals surface area (Å²) in [6.07, 6.45) is 0.721. The van der Waals surface area contributed by atoms with Gasteiger partial charge in [-0.15, -0.1) is 0 Å². The molecule has 102 valence electrons. The third-order valence-electron chi connectivity index (χ3n) is 2.55. The number of hydrogen-bond donors (Lipinski definition) is 4. The minimum Gasteiger partial charge on any atom is -0.394 e. The van der Waals surface area contributed by atoms with Crippen molar-refractivity contribution in [3.63, 3.8) is 0 Å². The van der Waals surface area contributed by atoms with E-state index in [4.69, 9.17) is 5.73 Å². The number of aromatic nitrogens is 2. The van der Waals surface area contributed by atoms with Crippen LogP contribution in [0.1, 0.15) is 27.2 Å². The maximum Gasteiger partial charge on any atom is 0.330 e. The number of nitrogens with one attached hydrogen (secondary N) is 2. The van der Waals surface area contributed by atoms with Crippen molar-refractivity contribution in [2.45, 2.75) is 39.3 Å². The van der Waals surface area contributed by atoms with Crippen LogP contribution in [0.4, 0.5) is 11.5 Å². The second-order valence-corrected chi connectivity index (χ2v) is 4.84. The Labute approximate surface area is 105 Å². The number of anilines is 2. The van der Waals surface area contributed by atoms with Crippen LogP contribution in [-0.2, 0) is 6.54 Å². The predicted octanol–water partition coefficient (Wildman–Crippen LogP) is -0.288. The van der Waals surface area contributed by atoms with Gasteiger partial charge in [-0.2, -0.15) is 0 Å². The lowest BCUT2D eigenvalue weighted by Crippen LogP contribution is -2.41. The number of hydrogen-bond acceptors (Lipinski definition) is 5. The lowest BCUT2D eigenvalue weighted by atomic mass is 10.1. The highest BCUT2D eigenvalue weighted by molar-refractivity contribution is 5.61. The van der Waals surface area contributed by atoms with Gasteiger partial charge in [-0.25, -0.2) is 4.79 Å². The molecule has 0 aromatic carbocycles. The Morgan fingerprint density at radius 2 is 2.06 bits per heavy atom. The monoisotopic (exact) mass is 256 g/mol. The smallest absolute Gasteiger partial charge is 0.330 e. The number of H-pyrrole nitrogens is 1. The van der Waals surface area contributed by atoms with Crippen LogP contribution < -0.4 is 22.3 Å². The topological polar surface area (TPSA) is 113 Å². The molecule has 0 aliphatic heterocycles. The van der Waals surface area contributed by atoms with Crippen molar-refractivity contribution in [3.8, 4) is 0 Å². The molecular formula is C11H20N4O3. The summed E-state index contributed by atoms with van der Waals surface area (Å²) < 4.78 is 1.30. The minimum atomic E-state index is -0.699. The average molecular weight is 256 g/mol. The Balaban J connectivity index is 3.32. The van der Waals surface area contributed by atoms with Crippen molar-refractivity contribution in [2.24, 2.45) is 0 Å². The lowest BCUT2D eigenvalue weighted by Gasteiger charge is -2.25. The van der Waals surface area contributed by atoms with Gasteiger partial charge in [-0.3, -0.25) is 14.3 Å². The summed E-state index contributed by atoms with van der Waals surface area (Å²) in [6.45, 7) is 5.61. The van der Waals surface area contributed by atoms with E-state index in [2.05, 4.69) is 10.3 Å². The quantitative estimate of drug-likeness (QED) is 0.578. The molecule has 1 aromatic rings. The first-order valence-corrected chi connectivity index (χ1v) is 5.84. The van der Waals surface area contributed by atoms with Gasteiger partial charge < -0.3 is 16.2 Å². The van der Waals surface area contributed by atoms with E-state index in [-0.39, 0.29) is 18.1 Å². The molecule has 0 amide bonds. The fourth-order valence-electron chi connectivity index (χ4n) is 1.53. The van der Waals surface area contributed by atoms with Crippen molar-refractivity contribution < 1.29 is 5.11 Å². The largest absolute Gasteiger partial charge is 0.394 e.